The molecule has 0 spiro atoms. The van der Waals surface area contributed by atoms with Gasteiger partial charge in [0.25, 0.3) is 5.91 Å². The summed E-state index contributed by atoms with van der Waals surface area (Å²) in [4.78, 5) is 24.5. The Hall–Kier alpha value is -1.95. The van der Waals surface area contributed by atoms with Gasteiger partial charge in [-0.3, -0.25) is 14.5 Å². The Bertz CT molecular complexity index is 535. The molecule has 1 atom stereocenters. The van der Waals surface area contributed by atoms with E-state index in [2.05, 4.69) is 5.32 Å². The second-order valence-electron chi connectivity index (χ2n) is 5.15. The molecule has 0 radical (unpaired) electrons. The summed E-state index contributed by atoms with van der Waals surface area (Å²) in [6.07, 6.45) is 0.0416. The van der Waals surface area contributed by atoms with Crippen LogP contribution in [0.1, 0.15) is 12.0 Å². The SMILES string of the molecule is Cc1ccccc1NC(=O)CN1CCC(F)(C(N)=O)C1. The third kappa shape index (κ3) is 3.14. The highest BCUT2D eigenvalue weighted by molar-refractivity contribution is 5.93. The van der Waals surface area contributed by atoms with Gasteiger partial charge >= 0.3 is 0 Å². The minimum absolute atomic E-state index is 0.0416. The van der Waals surface area contributed by atoms with Gasteiger partial charge in [-0.15, -0.1) is 0 Å². The second kappa shape index (κ2) is 5.58. The van der Waals surface area contributed by atoms with Crippen LogP contribution < -0.4 is 11.1 Å². The number of carbonyl (C=O) groups is 2. The lowest BCUT2D eigenvalue weighted by atomic mass is 10.1. The third-order valence-corrected chi connectivity index (χ3v) is 3.53. The van der Waals surface area contributed by atoms with Crippen molar-refractivity contribution < 1.29 is 14.0 Å². The van der Waals surface area contributed by atoms with E-state index < -0.39 is 11.6 Å². The third-order valence-electron chi connectivity index (χ3n) is 3.53. The smallest absolute Gasteiger partial charge is 0.256 e. The number of alkyl halides is 1. The summed E-state index contributed by atoms with van der Waals surface area (Å²) in [5, 5.41) is 2.77. The normalized spacial score (nSPS) is 22.7. The largest absolute Gasteiger partial charge is 0.367 e. The number of likely N-dealkylation sites (tertiary alicyclic amines) is 1. The fourth-order valence-electron chi connectivity index (χ4n) is 2.29. The molecule has 2 amide bonds. The molecule has 6 heteroatoms. The topological polar surface area (TPSA) is 75.4 Å². The zero-order valence-electron chi connectivity index (χ0n) is 11.4. The number of nitrogens with two attached hydrogens (primary N) is 1. The number of aryl methyl sites for hydroxylation is 1. The molecular weight excluding hydrogens is 261 g/mol. The first-order valence-corrected chi connectivity index (χ1v) is 6.47. The first-order valence-electron chi connectivity index (χ1n) is 6.47. The second-order valence-corrected chi connectivity index (χ2v) is 5.15. The number of para-hydroxylation sites is 1. The monoisotopic (exact) mass is 279 g/mol. The van der Waals surface area contributed by atoms with E-state index >= 15 is 0 Å². The fourth-order valence-corrected chi connectivity index (χ4v) is 2.29. The Morgan fingerprint density at radius 2 is 2.15 bits per heavy atom. The number of nitrogens with zero attached hydrogens (tertiary/aromatic N) is 1. The van der Waals surface area contributed by atoms with Crippen molar-refractivity contribution in [3.63, 3.8) is 0 Å². The maximum atomic E-state index is 14.0. The predicted octanol–water partition coefficient (Wildman–Crippen LogP) is 0.833. The van der Waals surface area contributed by atoms with Crippen LogP contribution >= 0.6 is 0 Å². The van der Waals surface area contributed by atoms with Crippen molar-refractivity contribution in [1.29, 1.82) is 0 Å². The van der Waals surface area contributed by atoms with Crippen molar-refractivity contribution in [2.45, 2.75) is 19.0 Å². The molecule has 1 aliphatic heterocycles. The molecule has 0 aromatic heterocycles. The lowest BCUT2D eigenvalue weighted by Gasteiger charge is -2.18. The molecule has 1 aromatic rings. The van der Waals surface area contributed by atoms with E-state index in [1.54, 1.807) is 11.0 Å². The molecule has 0 bridgehead atoms. The lowest BCUT2D eigenvalue weighted by molar-refractivity contribution is -0.129. The van der Waals surface area contributed by atoms with Crippen molar-refractivity contribution in [2.24, 2.45) is 5.73 Å². The van der Waals surface area contributed by atoms with Crippen molar-refractivity contribution in [2.75, 3.05) is 25.0 Å². The molecule has 108 valence electrons. The molecule has 20 heavy (non-hydrogen) atoms. The quantitative estimate of drug-likeness (QED) is 0.857. The number of amides is 2. The summed E-state index contributed by atoms with van der Waals surface area (Å²) < 4.78 is 14.0. The molecule has 5 nitrogen and oxygen atoms in total. The standard InChI is InChI=1S/C14H18FN3O2/c1-10-4-2-3-5-11(10)17-12(19)8-18-7-6-14(15,9-18)13(16)20/h2-5H,6-9H2,1H3,(H2,16,20)(H,17,19). The number of nitrogens with one attached hydrogen (secondary N) is 1. The van der Waals surface area contributed by atoms with Crippen LogP contribution in [0.4, 0.5) is 10.1 Å². The van der Waals surface area contributed by atoms with Gasteiger partial charge in [0.15, 0.2) is 0 Å². The Balaban J connectivity index is 1.91. The van der Waals surface area contributed by atoms with Gasteiger partial charge in [0, 0.05) is 25.2 Å². The van der Waals surface area contributed by atoms with Crippen LogP contribution in [-0.2, 0) is 9.59 Å². The molecule has 2 rings (SSSR count). The predicted molar refractivity (Wildman–Crippen MR) is 73.9 cm³/mol. The van der Waals surface area contributed by atoms with Crippen molar-refractivity contribution in [1.82, 2.24) is 4.90 Å². The average Bonchev–Trinajstić information content (AvgIpc) is 2.75. The van der Waals surface area contributed by atoms with Crippen LogP contribution in [-0.4, -0.2) is 42.0 Å². The number of anilines is 1. The molecular formula is C14H18FN3O2. The Morgan fingerprint density at radius 3 is 2.75 bits per heavy atom. The summed E-state index contributed by atoms with van der Waals surface area (Å²) in [7, 11) is 0. The van der Waals surface area contributed by atoms with Crippen molar-refractivity contribution in [3.8, 4) is 0 Å². The van der Waals surface area contributed by atoms with Gasteiger partial charge in [0.05, 0.1) is 6.54 Å². The number of hydrogen-bond donors (Lipinski definition) is 2. The summed E-state index contributed by atoms with van der Waals surface area (Å²) >= 11 is 0. The van der Waals surface area contributed by atoms with Crippen LogP contribution in [0.3, 0.4) is 0 Å². The van der Waals surface area contributed by atoms with E-state index in [0.29, 0.717) is 6.54 Å². The van der Waals surface area contributed by atoms with E-state index in [1.165, 1.54) is 0 Å². The summed E-state index contributed by atoms with van der Waals surface area (Å²) in [6, 6.07) is 7.42. The number of halogens is 1. The van der Waals surface area contributed by atoms with Gasteiger partial charge in [0.2, 0.25) is 11.6 Å². The summed E-state index contributed by atoms with van der Waals surface area (Å²) in [6.45, 7) is 2.17. The molecule has 1 saturated heterocycles. The zero-order valence-corrected chi connectivity index (χ0v) is 11.4. The van der Waals surface area contributed by atoms with Crippen LogP contribution in [0, 0.1) is 6.92 Å². The minimum atomic E-state index is -2.01. The number of hydrogen-bond acceptors (Lipinski definition) is 3. The zero-order chi connectivity index (χ0) is 14.8. The maximum absolute atomic E-state index is 14.0. The Labute approximate surface area is 116 Å². The molecule has 3 N–H and O–H groups in total. The fraction of sp³-hybridized carbons (Fsp3) is 0.429. The van der Waals surface area contributed by atoms with Crippen LogP contribution in [0.25, 0.3) is 0 Å². The van der Waals surface area contributed by atoms with Gasteiger partial charge in [-0.1, -0.05) is 18.2 Å². The highest BCUT2D eigenvalue weighted by atomic mass is 19.1. The van der Waals surface area contributed by atoms with Gasteiger partial charge in [-0.05, 0) is 18.6 Å². The molecule has 1 aliphatic rings. The van der Waals surface area contributed by atoms with E-state index in [9.17, 15) is 14.0 Å². The van der Waals surface area contributed by atoms with Gasteiger partial charge in [0.1, 0.15) is 0 Å². The van der Waals surface area contributed by atoms with Gasteiger partial charge < -0.3 is 11.1 Å². The number of rotatable bonds is 4. The van der Waals surface area contributed by atoms with Crippen molar-refractivity contribution in [3.05, 3.63) is 29.8 Å². The van der Waals surface area contributed by atoms with Crippen LogP contribution in [0.5, 0.6) is 0 Å². The van der Waals surface area contributed by atoms with E-state index in [0.717, 1.165) is 11.3 Å². The molecule has 0 saturated carbocycles. The average molecular weight is 279 g/mol. The van der Waals surface area contributed by atoms with Crippen LogP contribution in [0.2, 0.25) is 0 Å². The van der Waals surface area contributed by atoms with Gasteiger partial charge in [-0.2, -0.15) is 0 Å². The highest BCUT2D eigenvalue weighted by Crippen LogP contribution is 2.25. The van der Waals surface area contributed by atoms with E-state index in [4.69, 9.17) is 5.73 Å². The molecule has 1 unspecified atom stereocenters. The summed E-state index contributed by atoms with van der Waals surface area (Å²) in [5.41, 5.74) is 4.71. The summed E-state index contributed by atoms with van der Waals surface area (Å²) in [5.74, 6) is -1.19. The Kier molecular flexibility index (Phi) is 4.04. The number of primary amides is 1. The van der Waals surface area contributed by atoms with Crippen molar-refractivity contribution >= 4 is 17.5 Å². The first kappa shape index (κ1) is 14.5. The lowest BCUT2D eigenvalue weighted by Crippen LogP contribution is -2.43. The van der Waals surface area contributed by atoms with E-state index in [-0.39, 0.29) is 25.4 Å². The first-order chi connectivity index (χ1) is 9.40. The van der Waals surface area contributed by atoms with Crippen LogP contribution in [0.15, 0.2) is 24.3 Å². The Morgan fingerprint density at radius 1 is 1.45 bits per heavy atom. The number of benzene rings is 1. The number of carbonyl (C=O) groups excluding carboxylic acids is 2. The maximum Gasteiger partial charge on any atom is 0.256 e. The molecule has 1 aromatic carbocycles. The molecule has 1 fully saturated rings. The van der Waals surface area contributed by atoms with Gasteiger partial charge in [-0.25, -0.2) is 4.39 Å². The highest BCUT2D eigenvalue weighted by Gasteiger charge is 2.43. The molecule has 1 heterocycles. The van der Waals surface area contributed by atoms with E-state index in [1.807, 2.05) is 25.1 Å². The molecule has 0 aliphatic carbocycles. The minimum Gasteiger partial charge on any atom is -0.367 e.